The third-order valence-electron chi connectivity index (χ3n) is 5.25. The molecule has 0 aromatic heterocycles. The molecule has 0 aliphatic carbocycles. The third kappa shape index (κ3) is 6.33. The first-order valence-corrected chi connectivity index (χ1v) is 12.5. The Labute approximate surface area is 236 Å². The Balaban J connectivity index is 0.00000361. The van der Waals surface area contributed by atoms with Crippen molar-refractivity contribution >= 4 is 74.6 Å². The zero-order chi connectivity index (χ0) is 25.0. The summed E-state index contributed by atoms with van der Waals surface area (Å²) in [6, 6.07) is 16.3. The molecule has 0 atom stereocenters. The van der Waals surface area contributed by atoms with E-state index in [1.165, 1.54) is 4.90 Å². The second kappa shape index (κ2) is 12.3. The Bertz CT molecular complexity index is 1290. The number of anilines is 2. The predicted molar refractivity (Wildman–Crippen MR) is 139 cm³/mol. The van der Waals surface area contributed by atoms with Crippen molar-refractivity contribution in [3.05, 3.63) is 78.3 Å². The molecule has 2 heterocycles. The summed E-state index contributed by atoms with van der Waals surface area (Å²) in [5.74, 6) is 0.667. The minimum absolute atomic E-state index is 0. The maximum absolute atomic E-state index is 13.3. The quantitative estimate of drug-likeness (QED) is 0.161. The number of carbonyl (C=O) groups is 1. The Kier molecular flexibility index (Phi) is 9.66. The van der Waals surface area contributed by atoms with Crippen molar-refractivity contribution in [2.75, 3.05) is 36.1 Å². The number of aliphatic hydroxyl groups is 1. The van der Waals surface area contributed by atoms with E-state index in [-0.39, 0.29) is 72.5 Å². The number of aliphatic hydroxyl groups excluding tert-OH is 1. The molecular formula is C23H23N3NaO7S2. The van der Waals surface area contributed by atoms with Gasteiger partial charge in [0.25, 0.3) is 5.91 Å². The van der Waals surface area contributed by atoms with Gasteiger partial charge in [-0.25, -0.2) is 4.18 Å². The van der Waals surface area contributed by atoms with Crippen molar-refractivity contribution in [1.29, 1.82) is 0 Å². The van der Waals surface area contributed by atoms with Gasteiger partial charge in [-0.3, -0.25) is 14.2 Å². The van der Waals surface area contributed by atoms with Crippen LogP contribution in [0.4, 0.5) is 11.4 Å². The molecule has 1 fully saturated rings. The first-order chi connectivity index (χ1) is 16.8. The minimum atomic E-state index is -4.52. The summed E-state index contributed by atoms with van der Waals surface area (Å²) in [4.78, 5) is 18.1. The number of rotatable bonds is 9. The fourth-order valence-electron chi connectivity index (χ4n) is 3.77. The van der Waals surface area contributed by atoms with E-state index in [4.69, 9.17) is 21.5 Å². The first-order valence-electron chi connectivity index (χ1n) is 10.7. The summed E-state index contributed by atoms with van der Waals surface area (Å²) in [5, 5.41) is 9.80. The maximum atomic E-state index is 13.3. The van der Waals surface area contributed by atoms with Gasteiger partial charge in [0.2, 0.25) is 5.88 Å². The molecule has 0 spiro atoms. The predicted octanol–water partition coefficient (Wildman–Crippen LogP) is 2.07. The van der Waals surface area contributed by atoms with Gasteiger partial charge >= 0.3 is 10.4 Å². The Morgan fingerprint density at radius 1 is 1.00 bits per heavy atom. The Hall–Kier alpha value is -2.29. The number of allylic oxidation sites excluding steroid dienone is 2. The van der Waals surface area contributed by atoms with Crippen LogP contribution >= 0.6 is 12.2 Å². The monoisotopic (exact) mass is 540 g/mol. The van der Waals surface area contributed by atoms with Gasteiger partial charge in [0.1, 0.15) is 5.70 Å². The van der Waals surface area contributed by atoms with E-state index in [2.05, 4.69) is 4.18 Å². The smallest absolute Gasteiger partial charge is 0.397 e. The van der Waals surface area contributed by atoms with Gasteiger partial charge in [-0.05, 0) is 49.0 Å². The number of thiocarbonyl (C=S) groups is 1. The molecule has 2 aliphatic heterocycles. The summed E-state index contributed by atoms with van der Waals surface area (Å²) >= 11 is 5.53. The molecule has 0 unspecified atom stereocenters. The summed E-state index contributed by atoms with van der Waals surface area (Å²) in [6.45, 7) is 0.0474. The summed E-state index contributed by atoms with van der Waals surface area (Å²) in [7, 11) is -4.52. The number of hydrogen-bond donors (Lipinski definition) is 2. The second-order valence-electron chi connectivity index (χ2n) is 7.52. The maximum Gasteiger partial charge on any atom is 0.397 e. The summed E-state index contributed by atoms with van der Waals surface area (Å²) in [5.41, 5.74) is 1.65. The molecule has 2 aromatic rings. The van der Waals surface area contributed by atoms with Crippen molar-refractivity contribution in [1.82, 2.24) is 4.90 Å². The van der Waals surface area contributed by atoms with Gasteiger partial charge in [-0.2, -0.15) is 8.42 Å². The average molecular weight is 541 g/mol. The van der Waals surface area contributed by atoms with E-state index in [1.54, 1.807) is 47.4 Å². The van der Waals surface area contributed by atoms with E-state index >= 15 is 0 Å². The van der Waals surface area contributed by atoms with Gasteiger partial charge < -0.3 is 19.6 Å². The van der Waals surface area contributed by atoms with Crippen molar-refractivity contribution in [2.45, 2.75) is 6.42 Å². The largest absolute Gasteiger partial charge is 0.439 e. The summed E-state index contributed by atoms with van der Waals surface area (Å²) in [6.07, 6.45) is 3.47. The van der Waals surface area contributed by atoms with Gasteiger partial charge in [0.15, 0.2) is 10.9 Å². The van der Waals surface area contributed by atoms with Crippen LogP contribution in [0.15, 0.2) is 78.3 Å². The first kappa shape index (κ1) is 28.3. The van der Waals surface area contributed by atoms with Gasteiger partial charge in [0, 0.05) is 48.7 Å². The van der Waals surface area contributed by atoms with Crippen LogP contribution in [0, 0.1) is 0 Å². The molecule has 1 radical (unpaired) electrons. The standard InChI is InChI=1S/C23H23N3O7S2.Na/c27-15-14-25-19(22(28)26(23(25)34)17-7-2-1-3-8-17)11-12-21-24(13-6-16-32-35(29,30)31)18-9-4-5-10-20(18)33-21;/h1-5,7-12,27H,6,13-16H2,(H,29,30,31);/b19-11-,21-12+;. The SMILES string of the molecule is O=C1/C(=C/C=C2/Oc3ccccc3N2CCCOS(=O)(=O)O)N(CCO)C(=S)N1c1ccccc1.[Na]. The Morgan fingerprint density at radius 2 is 1.69 bits per heavy atom. The Morgan fingerprint density at radius 3 is 2.39 bits per heavy atom. The van der Waals surface area contributed by atoms with E-state index in [0.29, 0.717) is 23.9 Å². The number of ether oxygens (including phenoxy) is 1. The number of para-hydroxylation sites is 3. The molecule has 2 aliphatic rings. The zero-order valence-electron chi connectivity index (χ0n) is 19.5. The van der Waals surface area contributed by atoms with E-state index in [1.807, 2.05) is 29.2 Å². The molecule has 2 N–H and O–H groups in total. The van der Waals surface area contributed by atoms with Crippen LogP contribution in [-0.2, 0) is 19.4 Å². The molecule has 36 heavy (non-hydrogen) atoms. The fourth-order valence-corrected chi connectivity index (χ4v) is 4.47. The molecule has 13 heteroatoms. The van der Waals surface area contributed by atoms with E-state index in [0.717, 1.165) is 5.69 Å². The third-order valence-corrected chi connectivity index (χ3v) is 6.12. The number of carbonyl (C=O) groups excluding carboxylic acids is 1. The van der Waals surface area contributed by atoms with Crippen LogP contribution in [0.3, 0.4) is 0 Å². The topological polar surface area (TPSA) is 120 Å². The van der Waals surface area contributed by atoms with Crippen LogP contribution in [0.25, 0.3) is 0 Å². The average Bonchev–Trinajstić information content (AvgIpc) is 3.29. The molecule has 4 rings (SSSR count). The molecular weight excluding hydrogens is 517 g/mol. The fraction of sp³-hybridized carbons (Fsp3) is 0.217. The molecule has 0 bridgehead atoms. The summed E-state index contributed by atoms with van der Waals surface area (Å²) < 4.78 is 40.8. The molecule has 0 saturated carbocycles. The van der Waals surface area contributed by atoms with Gasteiger partial charge in [-0.15, -0.1) is 0 Å². The number of nitrogens with zero attached hydrogens (tertiary/aromatic N) is 3. The normalized spacial score (nSPS) is 17.6. The van der Waals surface area contributed by atoms with Crippen LogP contribution in [0.2, 0.25) is 0 Å². The molecule has 1 saturated heterocycles. The number of fused-ring (bicyclic) bond motifs is 1. The van der Waals surface area contributed by atoms with Gasteiger partial charge in [-0.1, -0.05) is 30.3 Å². The number of benzene rings is 2. The van der Waals surface area contributed by atoms with Crippen molar-refractivity contribution in [3.8, 4) is 5.75 Å². The second-order valence-corrected chi connectivity index (χ2v) is 8.97. The molecule has 2 aromatic carbocycles. The molecule has 185 valence electrons. The van der Waals surface area contributed by atoms with Crippen molar-refractivity contribution < 1.29 is 31.8 Å². The molecule has 1 amide bonds. The minimum Gasteiger partial charge on any atom is -0.439 e. The van der Waals surface area contributed by atoms with Crippen LogP contribution in [0.5, 0.6) is 5.75 Å². The van der Waals surface area contributed by atoms with Crippen LogP contribution in [0.1, 0.15) is 6.42 Å². The van der Waals surface area contributed by atoms with E-state index in [9.17, 15) is 18.3 Å². The zero-order valence-corrected chi connectivity index (χ0v) is 23.1. The van der Waals surface area contributed by atoms with Gasteiger partial charge in [0.05, 0.1) is 24.6 Å². The van der Waals surface area contributed by atoms with Crippen LogP contribution < -0.4 is 14.5 Å². The number of hydrogen-bond acceptors (Lipinski definition) is 8. The number of β-amino-alcohol motifs (C(OH)–C–C–N with tert-alkyl or cyclic N) is 1. The number of amides is 1. The van der Waals surface area contributed by atoms with E-state index < -0.39 is 10.4 Å². The van der Waals surface area contributed by atoms with Crippen LogP contribution in [-0.4, -0.2) is 89.9 Å². The van der Waals surface area contributed by atoms with Crippen molar-refractivity contribution in [3.63, 3.8) is 0 Å². The van der Waals surface area contributed by atoms with Crippen molar-refractivity contribution in [2.24, 2.45) is 0 Å². The molecule has 10 nitrogen and oxygen atoms in total.